The van der Waals surface area contributed by atoms with Crippen LogP contribution in [0.15, 0.2) is 60.7 Å². The predicted octanol–water partition coefficient (Wildman–Crippen LogP) is 5.37. The highest BCUT2D eigenvalue weighted by Gasteiger charge is 2.28. The van der Waals surface area contributed by atoms with Crippen LogP contribution in [-0.4, -0.2) is 31.1 Å². The number of hydrogen-bond donors (Lipinski definition) is 0. The van der Waals surface area contributed by atoms with E-state index in [0.29, 0.717) is 12.5 Å². The van der Waals surface area contributed by atoms with Gasteiger partial charge in [0.15, 0.2) is 0 Å². The summed E-state index contributed by atoms with van der Waals surface area (Å²) in [5.41, 5.74) is 10.2. The number of unbranched alkanes of at least 4 members (excludes halogenated alkanes) is 3. The fraction of sp³-hybridized carbons (Fsp3) is 0.500. The van der Waals surface area contributed by atoms with Gasteiger partial charge >= 0.3 is 0 Å². The van der Waals surface area contributed by atoms with Crippen LogP contribution in [0, 0.1) is 5.92 Å². The van der Waals surface area contributed by atoms with Gasteiger partial charge in [0.2, 0.25) is 0 Å². The third-order valence-electron chi connectivity index (χ3n) is 5.82. The quantitative estimate of drug-likeness (QED) is 0.559. The molecule has 2 aromatic carbocycles. The summed E-state index contributed by atoms with van der Waals surface area (Å²) in [6, 6.07) is 22.2. The molecule has 0 bridgehead atoms. The Balaban J connectivity index is 1.58. The molecule has 1 heterocycles. The van der Waals surface area contributed by atoms with Gasteiger partial charge in [-0.25, -0.2) is 0 Å². The highest BCUT2D eigenvalue weighted by atomic mass is 15.1. The van der Waals surface area contributed by atoms with E-state index in [2.05, 4.69) is 65.6 Å². The lowest BCUT2D eigenvalue weighted by molar-refractivity contribution is 0.172. The molecule has 0 unspecified atom stereocenters. The van der Waals surface area contributed by atoms with Crippen LogP contribution in [0.2, 0.25) is 0 Å². The summed E-state index contributed by atoms with van der Waals surface area (Å²) in [5, 5.41) is 0. The molecule has 1 saturated heterocycles. The topological polar surface area (TPSA) is 27.0 Å². The molecule has 2 nitrogen and oxygen atoms in total. The summed E-state index contributed by atoms with van der Waals surface area (Å²) >= 11 is 0. The fourth-order valence-corrected chi connectivity index (χ4v) is 4.38. The van der Waals surface area contributed by atoms with Crippen LogP contribution in [0.25, 0.3) is 0 Å². The molecule has 1 aliphatic rings. The fourth-order valence-electron chi connectivity index (χ4n) is 4.38. The molecule has 3 rings (SSSR count). The van der Waals surface area contributed by atoms with Crippen molar-refractivity contribution in [3.05, 3.63) is 71.8 Å². The van der Waals surface area contributed by atoms with Crippen LogP contribution >= 0.6 is 0 Å². The monoisotopic (exact) mass is 349 g/mol. The molecule has 0 saturated carbocycles. The molecule has 0 spiro atoms. The lowest BCUT2D eigenvalue weighted by Gasteiger charge is -2.36. The highest BCUT2D eigenvalue weighted by Crippen LogP contribution is 2.37. The maximum absolute atomic E-state index is 7.23. The van der Waals surface area contributed by atoms with Crippen molar-refractivity contribution in [3.8, 4) is 0 Å². The number of nitrogens with zero attached hydrogens (tertiary/aromatic N) is 1. The van der Waals surface area contributed by atoms with E-state index in [1.165, 1.54) is 62.9 Å². The standard InChI is InChI=1S/C24H33N2/c25-17-9-1-2-10-18-26-19-15-23(16-20-26)24(21-11-5-3-6-12-21)22-13-7-4-8-14-22/h3-8,11-14,23-25H,1-2,9-10,15-20H2. The minimum atomic E-state index is 0.525. The molecule has 1 radical (unpaired) electrons. The third-order valence-corrected chi connectivity index (χ3v) is 5.82. The van der Waals surface area contributed by atoms with Crippen molar-refractivity contribution in [2.45, 2.75) is 44.4 Å². The van der Waals surface area contributed by atoms with Crippen LogP contribution in [0.3, 0.4) is 0 Å². The number of hydrogen-bond acceptors (Lipinski definition) is 1. The van der Waals surface area contributed by atoms with Gasteiger partial charge in [0.1, 0.15) is 0 Å². The summed E-state index contributed by atoms with van der Waals surface area (Å²) in [5.74, 6) is 1.26. The van der Waals surface area contributed by atoms with Crippen molar-refractivity contribution in [2.24, 2.45) is 5.92 Å². The van der Waals surface area contributed by atoms with E-state index in [1.54, 1.807) is 0 Å². The van der Waals surface area contributed by atoms with Gasteiger partial charge in [0.05, 0.1) is 0 Å². The number of nitrogens with one attached hydrogen (secondary N) is 1. The molecular formula is C24H33N2. The first-order chi connectivity index (χ1) is 12.9. The average molecular weight is 350 g/mol. The molecule has 139 valence electrons. The second-order valence-electron chi connectivity index (χ2n) is 7.64. The normalized spacial score (nSPS) is 16.2. The van der Waals surface area contributed by atoms with Gasteiger partial charge in [-0.05, 0) is 62.4 Å². The van der Waals surface area contributed by atoms with E-state index in [-0.39, 0.29) is 0 Å². The van der Waals surface area contributed by atoms with E-state index >= 15 is 0 Å². The average Bonchev–Trinajstić information content (AvgIpc) is 2.71. The second kappa shape index (κ2) is 10.5. The van der Waals surface area contributed by atoms with Crippen LogP contribution in [0.4, 0.5) is 0 Å². The maximum atomic E-state index is 7.23. The van der Waals surface area contributed by atoms with Crippen molar-refractivity contribution in [3.63, 3.8) is 0 Å². The van der Waals surface area contributed by atoms with Gasteiger partial charge in [-0.15, -0.1) is 0 Å². The Morgan fingerprint density at radius 2 is 1.31 bits per heavy atom. The Labute approximate surface area is 159 Å². The molecule has 1 aliphatic heterocycles. The van der Waals surface area contributed by atoms with E-state index in [9.17, 15) is 0 Å². The van der Waals surface area contributed by atoms with Gasteiger partial charge in [-0.1, -0.05) is 73.5 Å². The van der Waals surface area contributed by atoms with Crippen LogP contribution in [0.5, 0.6) is 0 Å². The maximum Gasteiger partial charge on any atom is 0.0119 e. The van der Waals surface area contributed by atoms with Crippen molar-refractivity contribution in [1.82, 2.24) is 10.6 Å². The molecule has 0 atom stereocenters. The summed E-state index contributed by atoms with van der Waals surface area (Å²) < 4.78 is 0. The summed E-state index contributed by atoms with van der Waals surface area (Å²) in [7, 11) is 0. The zero-order valence-corrected chi connectivity index (χ0v) is 15.9. The first-order valence-electron chi connectivity index (χ1n) is 10.4. The van der Waals surface area contributed by atoms with E-state index in [0.717, 1.165) is 12.3 Å². The second-order valence-corrected chi connectivity index (χ2v) is 7.64. The van der Waals surface area contributed by atoms with Crippen LogP contribution in [-0.2, 0) is 0 Å². The Bertz CT molecular complexity index is 563. The summed E-state index contributed by atoms with van der Waals surface area (Å²) in [6.45, 7) is 4.30. The van der Waals surface area contributed by atoms with Crippen molar-refractivity contribution >= 4 is 0 Å². The first-order valence-corrected chi connectivity index (χ1v) is 10.4. The highest BCUT2D eigenvalue weighted by molar-refractivity contribution is 5.33. The number of likely N-dealkylation sites (tertiary alicyclic amines) is 1. The predicted molar refractivity (Wildman–Crippen MR) is 110 cm³/mol. The largest absolute Gasteiger partial charge is 0.303 e. The summed E-state index contributed by atoms with van der Waals surface area (Å²) in [6.07, 6.45) is 7.46. The molecule has 2 aromatic rings. The molecule has 26 heavy (non-hydrogen) atoms. The van der Waals surface area contributed by atoms with E-state index in [4.69, 9.17) is 5.73 Å². The van der Waals surface area contributed by atoms with E-state index < -0.39 is 0 Å². The molecule has 1 N–H and O–H groups in total. The summed E-state index contributed by atoms with van der Waals surface area (Å²) in [4.78, 5) is 2.66. The number of piperidine rings is 1. The SMILES string of the molecule is [NH]CCCCCCN1CCC(C(c2ccccc2)c2ccccc2)CC1. The number of benzene rings is 2. The lowest BCUT2D eigenvalue weighted by atomic mass is 9.76. The van der Waals surface area contributed by atoms with Crippen molar-refractivity contribution < 1.29 is 0 Å². The Morgan fingerprint density at radius 1 is 0.769 bits per heavy atom. The molecule has 0 amide bonds. The Hall–Kier alpha value is -1.64. The molecule has 1 fully saturated rings. The van der Waals surface area contributed by atoms with Crippen molar-refractivity contribution in [2.75, 3.05) is 26.2 Å². The van der Waals surface area contributed by atoms with E-state index in [1.807, 2.05) is 0 Å². The zero-order chi connectivity index (χ0) is 18.0. The smallest absolute Gasteiger partial charge is 0.0119 e. The minimum absolute atomic E-state index is 0.525. The number of rotatable bonds is 9. The lowest BCUT2D eigenvalue weighted by Crippen LogP contribution is -2.36. The molecule has 2 heteroatoms. The van der Waals surface area contributed by atoms with Gasteiger partial charge in [0.25, 0.3) is 0 Å². The van der Waals surface area contributed by atoms with Gasteiger partial charge in [-0.2, -0.15) is 0 Å². The van der Waals surface area contributed by atoms with Crippen LogP contribution in [0.1, 0.15) is 55.6 Å². The molecular weight excluding hydrogens is 316 g/mol. The Morgan fingerprint density at radius 3 is 1.85 bits per heavy atom. The minimum Gasteiger partial charge on any atom is -0.303 e. The molecule has 0 aromatic heterocycles. The van der Waals surface area contributed by atoms with Gasteiger partial charge < -0.3 is 4.90 Å². The van der Waals surface area contributed by atoms with Crippen LogP contribution < -0.4 is 5.73 Å². The third kappa shape index (κ3) is 5.43. The van der Waals surface area contributed by atoms with Gasteiger partial charge in [-0.3, -0.25) is 5.73 Å². The van der Waals surface area contributed by atoms with Crippen molar-refractivity contribution in [1.29, 1.82) is 0 Å². The Kier molecular flexibility index (Phi) is 7.72. The first kappa shape index (κ1) is 19.1. The zero-order valence-electron chi connectivity index (χ0n) is 15.9. The molecule has 0 aliphatic carbocycles. The van der Waals surface area contributed by atoms with Gasteiger partial charge in [0, 0.05) is 12.5 Å².